The highest BCUT2D eigenvalue weighted by Crippen LogP contribution is 2.46. The monoisotopic (exact) mass is 715 g/mol. The van der Waals surface area contributed by atoms with Crippen molar-refractivity contribution in [2.24, 2.45) is 4.99 Å². The fourth-order valence-corrected chi connectivity index (χ4v) is 6.41. The Balaban J connectivity index is 1.51. The minimum absolute atomic E-state index is 0.119. The molecule has 11 heteroatoms. The van der Waals surface area contributed by atoms with Gasteiger partial charge in [-0.05, 0) is 65.4 Å². The molecule has 0 radical (unpaired) electrons. The number of nitrogens with zero attached hydrogens (tertiary/aromatic N) is 4. The molecular weight excluding hydrogens is 673 g/mol. The third-order valence-electron chi connectivity index (χ3n) is 8.92. The zero-order valence-corrected chi connectivity index (χ0v) is 30.4. The molecule has 9 nitrogen and oxygen atoms in total. The van der Waals surface area contributed by atoms with E-state index in [1.165, 1.54) is 0 Å². The number of hydrogen-bond donors (Lipinski definition) is 1. The van der Waals surface area contributed by atoms with Crippen molar-refractivity contribution >= 4 is 46.9 Å². The standard InChI is InChI=1S/C39H43Cl2N5O4/c1-6-8-9-33(47)42-25-34(48)44-20-22-45(23-21-44)38(49)46-36(27-12-17-30(41)18-13-27)35(26-10-15-29(40)16-11-26)43-37(46)31-19-14-28(39(3,4)5)24-32(31)50-7-2/h1,10-19,24,35-36H,7-9,20-23,25H2,2-5H3,(H,42,47). The average Bonchev–Trinajstić information content (AvgIpc) is 3.50. The van der Waals surface area contributed by atoms with Crippen molar-refractivity contribution in [1.82, 2.24) is 20.0 Å². The van der Waals surface area contributed by atoms with Gasteiger partial charge in [-0.15, -0.1) is 12.3 Å². The van der Waals surface area contributed by atoms with Crippen LogP contribution in [0, 0.1) is 12.3 Å². The van der Waals surface area contributed by atoms with Gasteiger partial charge in [-0.3, -0.25) is 19.5 Å². The highest BCUT2D eigenvalue weighted by Gasteiger charge is 2.45. The number of carbonyl (C=O) groups is 3. The first-order valence-electron chi connectivity index (χ1n) is 16.8. The summed E-state index contributed by atoms with van der Waals surface area (Å²) in [7, 11) is 0. The fourth-order valence-electron chi connectivity index (χ4n) is 6.16. The van der Waals surface area contributed by atoms with E-state index in [2.05, 4.69) is 38.1 Å². The van der Waals surface area contributed by atoms with Crippen LogP contribution in [0.25, 0.3) is 0 Å². The predicted octanol–water partition coefficient (Wildman–Crippen LogP) is 7.03. The Morgan fingerprint density at radius 1 is 0.920 bits per heavy atom. The molecule has 0 aromatic heterocycles. The normalized spacial score (nSPS) is 17.6. The second-order valence-electron chi connectivity index (χ2n) is 13.3. The number of benzene rings is 3. The van der Waals surface area contributed by atoms with Crippen LogP contribution in [0.1, 0.15) is 74.9 Å². The molecule has 3 aromatic carbocycles. The molecule has 5 rings (SSSR count). The van der Waals surface area contributed by atoms with Gasteiger partial charge >= 0.3 is 6.03 Å². The van der Waals surface area contributed by atoms with Gasteiger partial charge in [0, 0.05) is 49.1 Å². The number of terminal acetylenes is 1. The largest absolute Gasteiger partial charge is 0.493 e. The van der Waals surface area contributed by atoms with E-state index in [1.54, 1.807) is 14.7 Å². The maximum absolute atomic E-state index is 14.9. The van der Waals surface area contributed by atoms with Gasteiger partial charge < -0.3 is 19.9 Å². The molecular formula is C39H43Cl2N5O4. The van der Waals surface area contributed by atoms with Crippen LogP contribution in [-0.4, -0.2) is 77.7 Å². The summed E-state index contributed by atoms with van der Waals surface area (Å²) < 4.78 is 6.22. The van der Waals surface area contributed by atoms with E-state index >= 15 is 0 Å². The summed E-state index contributed by atoms with van der Waals surface area (Å²) in [5, 5.41) is 3.82. The molecule has 4 amide bonds. The number of rotatable bonds is 9. The van der Waals surface area contributed by atoms with Crippen molar-refractivity contribution in [1.29, 1.82) is 0 Å². The molecule has 3 aromatic rings. The van der Waals surface area contributed by atoms with Crippen LogP contribution in [0.15, 0.2) is 71.7 Å². The van der Waals surface area contributed by atoms with Crippen LogP contribution in [0.4, 0.5) is 4.79 Å². The van der Waals surface area contributed by atoms with Crippen molar-refractivity contribution in [2.75, 3.05) is 39.3 Å². The quantitative estimate of drug-likeness (QED) is 0.241. The molecule has 0 saturated carbocycles. The number of nitrogens with one attached hydrogen (secondary N) is 1. The summed E-state index contributed by atoms with van der Waals surface area (Å²) in [4.78, 5) is 50.3. The summed E-state index contributed by atoms with van der Waals surface area (Å²) in [6.07, 6.45) is 5.72. The highest BCUT2D eigenvalue weighted by molar-refractivity contribution is 6.30. The SMILES string of the molecule is C#CCCC(=O)NCC(=O)N1CCN(C(=O)N2C(c3ccc(C(C)(C)C)cc3OCC)=NC(c3ccc(Cl)cc3)C2c2ccc(Cl)cc2)CC1. The number of halogens is 2. The predicted molar refractivity (Wildman–Crippen MR) is 198 cm³/mol. The number of piperazine rings is 1. The van der Waals surface area contributed by atoms with Crippen LogP contribution in [0.3, 0.4) is 0 Å². The molecule has 1 saturated heterocycles. The van der Waals surface area contributed by atoms with Crippen LogP contribution >= 0.6 is 23.2 Å². The summed E-state index contributed by atoms with van der Waals surface area (Å²) in [6.45, 7) is 9.94. The van der Waals surface area contributed by atoms with Gasteiger partial charge in [0.05, 0.1) is 24.8 Å². The molecule has 50 heavy (non-hydrogen) atoms. The minimum Gasteiger partial charge on any atom is -0.493 e. The molecule has 2 heterocycles. The molecule has 1 fully saturated rings. The first-order valence-corrected chi connectivity index (χ1v) is 17.6. The first kappa shape index (κ1) is 36.8. The van der Waals surface area contributed by atoms with Crippen molar-refractivity contribution in [3.63, 3.8) is 0 Å². The number of carbonyl (C=O) groups excluding carboxylic acids is 3. The Morgan fingerprint density at radius 3 is 2.10 bits per heavy atom. The number of amides is 4. The zero-order chi connectivity index (χ0) is 36.0. The molecule has 1 N–H and O–H groups in total. The van der Waals surface area contributed by atoms with Gasteiger partial charge in [0.2, 0.25) is 11.8 Å². The maximum Gasteiger partial charge on any atom is 0.326 e. The lowest BCUT2D eigenvalue weighted by atomic mass is 9.86. The van der Waals surface area contributed by atoms with Gasteiger partial charge in [-0.25, -0.2) is 4.79 Å². The third-order valence-corrected chi connectivity index (χ3v) is 9.42. The fraction of sp³-hybridized carbons (Fsp3) is 0.385. The van der Waals surface area contributed by atoms with E-state index in [-0.39, 0.29) is 36.2 Å². The molecule has 2 atom stereocenters. The summed E-state index contributed by atoms with van der Waals surface area (Å²) in [5.74, 6) is 3.08. The summed E-state index contributed by atoms with van der Waals surface area (Å²) in [5.41, 5.74) is 3.43. The number of hydrogen-bond acceptors (Lipinski definition) is 5. The Hall–Kier alpha value is -4.52. The van der Waals surface area contributed by atoms with Crippen molar-refractivity contribution in [3.8, 4) is 18.1 Å². The Bertz CT molecular complexity index is 1770. The topological polar surface area (TPSA) is 94.5 Å². The molecule has 2 aliphatic heterocycles. The molecule has 2 aliphatic rings. The highest BCUT2D eigenvalue weighted by atomic mass is 35.5. The van der Waals surface area contributed by atoms with E-state index in [4.69, 9.17) is 39.4 Å². The van der Waals surface area contributed by atoms with Crippen LogP contribution in [-0.2, 0) is 15.0 Å². The zero-order valence-electron chi connectivity index (χ0n) is 28.9. The molecule has 2 unspecified atom stereocenters. The van der Waals surface area contributed by atoms with Crippen molar-refractivity contribution < 1.29 is 19.1 Å². The van der Waals surface area contributed by atoms with Gasteiger partial charge in [-0.2, -0.15) is 0 Å². The molecule has 262 valence electrons. The van der Waals surface area contributed by atoms with Crippen molar-refractivity contribution in [2.45, 2.75) is 58.0 Å². The number of aliphatic imine (C=N–C) groups is 1. The number of amidine groups is 1. The third kappa shape index (κ3) is 8.43. The lowest BCUT2D eigenvalue weighted by molar-refractivity contribution is -0.134. The van der Waals surface area contributed by atoms with Crippen LogP contribution in [0.5, 0.6) is 5.75 Å². The summed E-state index contributed by atoms with van der Waals surface area (Å²) >= 11 is 12.6. The maximum atomic E-state index is 14.9. The Morgan fingerprint density at radius 2 is 1.52 bits per heavy atom. The summed E-state index contributed by atoms with van der Waals surface area (Å²) in [6, 6.07) is 19.9. The number of urea groups is 1. The second-order valence-corrected chi connectivity index (χ2v) is 14.2. The Labute approximate surface area is 304 Å². The van der Waals surface area contributed by atoms with E-state index in [9.17, 15) is 14.4 Å². The smallest absolute Gasteiger partial charge is 0.326 e. The van der Waals surface area contributed by atoms with E-state index < -0.39 is 12.1 Å². The van der Waals surface area contributed by atoms with Gasteiger partial charge in [-0.1, -0.05) is 74.3 Å². The van der Waals surface area contributed by atoms with Crippen molar-refractivity contribution in [3.05, 3.63) is 99.0 Å². The molecule has 0 bridgehead atoms. The van der Waals surface area contributed by atoms with E-state index in [1.807, 2.05) is 67.6 Å². The average molecular weight is 717 g/mol. The van der Waals surface area contributed by atoms with Gasteiger partial charge in [0.15, 0.2) is 0 Å². The van der Waals surface area contributed by atoms with E-state index in [0.717, 1.165) is 16.7 Å². The first-order chi connectivity index (χ1) is 23.9. The van der Waals surface area contributed by atoms with Crippen LogP contribution < -0.4 is 10.1 Å². The second kappa shape index (κ2) is 16.0. The lowest BCUT2D eigenvalue weighted by Gasteiger charge is -2.39. The Kier molecular flexibility index (Phi) is 11.8. The van der Waals surface area contributed by atoms with Gasteiger partial charge in [0.1, 0.15) is 17.6 Å². The van der Waals surface area contributed by atoms with Crippen LogP contribution in [0.2, 0.25) is 10.0 Å². The van der Waals surface area contributed by atoms with Gasteiger partial charge in [0.25, 0.3) is 0 Å². The molecule has 0 aliphatic carbocycles. The molecule has 0 spiro atoms. The van der Waals surface area contributed by atoms with E-state index in [0.29, 0.717) is 66.4 Å². The minimum atomic E-state index is -0.523. The lowest BCUT2D eigenvalue weighted by Crippen LogP contribution is -2.56. The number of ether oxygens (including phenoxy) is 1.